The summed E-state index contributed by atoms with van der Waals surface area (Å²) in [6.07, 6.45) is 1.28. The lowest BCUT2D eigenvalue weighted by atomic mass is 9.99. The number of carbonyl (C=O) groups excluding carboxylic acids is 1. The minimum Gasteiger partial charge on any atom is -0.495 e. The second-order valence-corrected chi connectivity index (χ2v) is 9.26. The predicted octanol–water partition coefficient (Wildman–Crippen LogP) is 4.78. The fraction of sp³-hybridized carbons (Fsp3) is 0.300. The zero-order valence-corrected chi connectivity index (χ0v) is 22.1. The molecule has 0 fully saturated rings. The maximum Gasteiger partial charge on any atom is 0.255 e. The molecule has 39 heavy (non-hydrogen) atoms. The molecule has 0 aliphatic rings. The highest BCUT2D eigenvalue weighted by Gasteiger charge is 2.26. The van der Waals surface area contributed by atoms with Crippen LogP contribution in [0.15, 0.2) is 65.3 Å². The number of methoxy groups -OCH3 is 2. The Kier molecular flexibility index (Phi) is 9.16. The topological polar surface area (TPSA) is 93.0 Å². The Morgan fingerprint density at radius 1 is 1.00 bits per heavy atom. The molecule has 2 unspecified atom stereocenters. The van der Waals surface area contributed by atoms with Gasteiger partial charge in [0.05, 0.1) is 43.6 Å². The van der Waals surface area contributed by atoms with Crippen LogP contribution in [-0.2, 0) is 19.4 Å². The molecule has 4 rings (SSSR count). The minimum atomic E-state index is -1.08. The van der Waals surface area contributed by atoms with Gasteiger partial charge in [0.15, 0.2) is 11.3 Å². The van der Waals surface area contributed by atoms with Crippen LogP contribution in [-0.4, -0.2) is 43.9 Å². The van der Waals surface area contributed by atoms with Gasteiger partial charge in [0.25, 0.3) is 5.91 Å². The number of amides is 1. The van der Waals surface area contributed by atoms with E-state index in [-0.39, 0.29) is 24.3 Å². The van der Waals surface area contributed by atoms with Gasteiger partial charge in [-0.3, -0.25) is 4.79 Å². The smallest absolute Gasteiger partial charge is 0.255 e. The van der Waals surface area contributed by atoms with Gasteiger partial charge in [0.1, 0.15) is 17.4 Å². The van der Waals surface area contributed by atoms with Crippen LogP contribution in [0.25, 0.3) is 11.0 Å². The summed E-state index contributed by atoms with van der Waals surface area (Å²) >= 11 is 0. The van der Waals surface area contributed by atoms with Gasteiger partial charge in [-0.1, -0.05) is 31.2 Å². The Labute approximate surface area is 225 Å². The lowest BCUT2D eigenvalue weighted by Crippen LogP contribution is -2.48. The summed E-state index contributed by atoms with van der Waals surface area (Å²) < 4.78 is 44.2. The van der Waals surface area contributed by atoms with Gasteiger partial charge in [-0.15, -0.1) is 0 Å². The van der Waals surface area contributed by atoms with E-state index in [4.69, 9.17) is 13.9 Å². The molecule has 0 saturated heterocycles. The van der Waals surface area contributed by atoms with Crippen molar-refractivity contribution in [3.63, 3.8) is 0 Å². The molecule has 4 aromatic rings. The van der Waals surface area contributed by atoms with Crippen molar-refractivity contribution < 1.29 is 32.6 Å². The van der Waals surface area contributed by atoms with Gasteiger partial charge in [-0.05, 0) is 47.7 Å². The SMILES string of the molecule is CCc1cccc(CNCC(O)C(Cc2cc(F)cc(F)c2)NC(=O)c2cc(OC)c3occc3c2OC)c1. The number of hydrogen-bond donors (Lipinski definition) is 3. The quantitative estimate of drug-likeness (QED) is 0.240. The van der Waals surface area contributed by atoms with E-state index < -0.39 is 29.7 Å². The van der Waals surface area contributed by atoms with Crippen molar-refractivity contribution in [2.75, 3.05) is 20.8 Å². The lowest BCUT2D eigenvalue weighted by Gasteiger charge is -2.25. The fourth-order valence-electron chi connectivity index (χ4n) is 4.60. The molecular formula is C30H32F2N2O5. The van der Waals surface area contributed by atoms with Crippen molar-refractivity contribution in [1.29, 1.82) is 0 Å². The number of aryl methyl sites for hydroxylation is 1. The highest BCUT2D eigenvalue weighted by Crippen LogP contribution is 2.37. The number of hydrogen-bond acceptors (Lipinski definition) is 6. The molecule has 1 heterocycles. The van der Waals surface area contributed by atoms with Crippen LogP contribution >= 0.6 is 0 Å². The number of halogens is 2. The average molecular weight is 539 g/mol. The first kappa shape index (κ1) is 28.1. The van der Waals surface area contributed by atoms with E-state index >= 15 is 0 Å². The fourth-order valence-corrected chi connectivity index (χ4v) is 4.60. The van der Waals surface area contributed by atoms with Crippen LogP contribution in [0.3, 0.4) is 0 Å². The third kappa shape index (κ3) is 6.74. The molecule has 9 heteroatoms. The highest BCUT2D eigenvalue weighted by atomic mass is 19.1. The van der Waals surface area contributed by atoms with E-state index in [0.717, 1.165) is 18.1 Å². The van der Waals surface area contributed by atoms with E-state index in [9.17, 15) is 18.7 Å². The van der Waals surface area contributed by atoms with Crippen molar-refractivity contribution in [2.45, 2.75) is 38.5 Å². The van der Waals surface area contributed by atoms with E-state index in [1.165, 1.54) is 44.2 Å². The van der Waals surface area contributed by atoms with Gasteiger partial charge in [0.2, 0.25) is 0 Å². The Bertz CT molecular complexity index is 1420. The van der Waals surface area contributed by atoms with Crippen LogP contribution in [0.4, 0.5) is 8.78 Å². The monoisotopic (exact) mass is 538 g/mol. The number of nitrogens with one attached hydrogen (secondary N) is 2. The first-order valence-corrected chi connectivity index (χ1v) is 12.7. The highest BCUT2D eigenvalue weighted by molar-refractivity contribution is 6.04. The molecule has 0 aliphatic carbocycles. The Morgan fingerprint density at radius 2 is 1.74 bits per heavy atom. The molecule has 1 aromatic heterocycles. The lowest BCUT2D eigenvalue weighted by molar-refractivity contribution is 0.0827. The second-order valence-electron chi connectivity index (χ2n) is 9.26. The van der Waals surface area contributed by atoms with Crippen molar-refractivity contribution in [2.24, 2.45) is 0 Å². The van der Waals surface area contributed by atoms with Gasteiger partial charge >= 0.3 is 0 Å². The summed E-state index contributed by atoms with van der Waals surface area (Å²) in [4.78, 5) is 13.5. The van der Waals surface area contributed by atoms with Crippen LogP contribution in [0.1, 0.15) is 34.0 Å². The molecule has 206 valence electrons. The number of aliphatic hydroxyl groups excluding tert-OH is 1. The summed E-state index contributed by atoms with van der Waals surface area (Å²) in [5, 5.41) is 17.7. The predicted molar refractivity (Wildman–Crippen MR) is 144 cm³/mol. The zero-order chi connectivity index (χ0) is 27.9. The Hall–Kier alpha value is -3.95. The molecule has 2 atom stereocenters. The van der Waals surface area contributed by atoms with Crippen LogP contribution in [0.2, 0.25) is 0 Å². The zero-order valence-electron chi connectivity index (χ0n) is 22.1. The number of aliphatic hydroxyl groups is 1. The maximum atomic E-state index is 13.9. The largest absolute Gasteiger partial charge is 0.495 e. The van der Waals surface area contributed by atoms with Crippen molar-refractivity contribution in [1.82, 2.24) is 10.6 Å². The van der Waals surface area contributed by atoms with E-state index in [2.05, 4.69) is 23.6 Å². The van der Waals surface area contributed by atoms with Gasteiger partial charge in [-0.2, -0.15) is 0 Å². The molecule has 3 N–H and O–H groups in total. The summed E-state index contributed by atoms with van der Waals surface area (Å²) in [6, 6.07) is 13.5. The van der Waals surface area contributed by atoms with Gasteiger partial charge < -0.3 is 29.6 Å². The third-order valence-corrected chi connectivity index (χ3v) is 6.56. The summed E-state index contributed by atoms with van der Waals surface area (Å²) in [7, 11) is 2.89. The van der Waals surface area contributed by atoms with Crippen molar-refractivity contribution in [3.05, 3.63) is 94.7 Å². The number of benzene rings is 3. The van der Waals surface area contributed by atoms with Crippen LogP contribution in [0, 0.1) is 11.6 Å². The van der Waals surface area contributed by atoms with Gasteiger partial charge in [-0.25, -0.2) is 8.78 Å². The summed E-state index contributed by atoms with van der Waals surface area (Å²) in [5.41, 5.74) is 3.14. The molecule has 7 nitrogen and oxygen atoms in total. The Morgan fingerprint density at radius 3 is 2.44 bits per heavy atom. The number of fused-ring (bicyclic) bond motifs is 1. The molecule has 1 amide bonds. The number of ether oxygens (including phenoxy) is 2. The van der Waals surface area contributed by atoms with E-state index in [1.807, 2.05) is 18.2 Å². The summed E-state index contributed by atoms with van der Waals surface area (Å²) in [6.45, 7) is 2.70. The average Bonchev–Trinajstić information content (AvgIpc) is 3.41. The van der Waals surface area contributed by atoms with Crippen LogP contribution < -0.4 is 20.1 Å². The molecule has 0 radical (unpaired) electrons. The Balaban J connectivity index is 1.57. The maximum absolute atomic E-state index is 13.9. The molecule has 0 bridgehead atoms. The minimum absolute atomic E-state index is 0.0119. The standard InChI is InChI=1S/C30H32F2N2O5/c1-4-18-6-5-7-19(10-18)16-33-17-26(35)25(13-20-11-21(31)14-22(32)12-20)34-30(36)24-15-27(37-2)29-23(8-9-39-29)28(24)38-3/h5-12,14-15,25-26,33,35H,4,13,16-17H2,1-3H3,(H,34,36). The van der Waals surface area contributed by atoms with E-state index in [1.54, 1.807) is 6.07 Å². The van der Waals surface area contributed by atoms with Crippen molar-refractivity contribution >= 4 is 16.9 Å². The molecule has 0 aliphatic heterocycles. The number of carbonyl (C=O) groups is 1. The molecule has 3 aromatic carbocycles. The summed E-state index contributed by atoms with van der Waals surface area (Å²) in [5.74, 6) is -1.42. The van der Waals surface area contributed by atoms with Gasteiger partial charge in [0, 0.05) is 25.2 Å². The van der Waals surface area contributed by atoms with Crippen LogP contribution in [0.5, 0.6) is 11.5 Å². The van der Waals surface area contributed by atoms with Crippen molar-refractivity contribution in [3.8, 4) is 11.5 Å². The molecule has 0 spiro atoms. The third-order valence-electron chi connectivity index (χ3n) is 6.56. The number of furan rings is 1. The number of rotatable bonds is 12. The second kappa shape index (κ2) is 12.7. The molecular weight excluding hydrogens is 506 g/mol. The normalized spacial score (nSPS) is 12.8. The first-order valence-electron chi connectivity index (χ1n) is 12.7. The van der Waals surface area contributed by atoms with E-state index in [0.29, 0.717) is 28.8 Å². The molecule has 0 saturated carbocycles. The first-order chi connectivity index (χ1) is 18.8.